The standard InChI is InChI=1S/C21H25ClN2O3/c1-26-18-6-7-19(20(13-18)27-11-9-23)21(25)24-10-8-16(14-24)12-15-2-4-17(22)5-3-15/h2-7,13,16H,8-12,14,23H2,1H3. The second-order valence-corrected chi connectivity index (χ2v) is 7.17. The third kappa shape index (κ3) is 4.93. The molecular formula is C21H25ClN2O3. The van der Waals surface area contributed by atoms with E-state index in [2.05, 4.69) is 12.1 Å². The Balaban J connectivity index is 1.68. The van der Waals surface area contributed by atoms with E-state index in [1.54, 1.807) is 25.3 Å². The molecule has 0 aliphatic carbocycles. The number of amides is 1. The summed E-state index contributed by atoms with van der Waals surface area (Å²) < 4.78 is 10.9. The van der Waals surface area contributed by atoms with Gasteiger partial charge in [-0.05, 0) is 48.6 Å². The molecule has 0 aromatic heterocycles. The molecule has 5 nitrogen and oxygen atoms in total. The minimum absolute atomic E-state index is 0.0109. The Labute approximate surface area is 165 Å². The number of methoxy groups -OCH3 is 1. The van der Waals surface area contributed by atoms with Gasteiger partial charge in [0, 0.05) is 30.7 Å². The Hall–Kier alpha value is -2.24. The van der Waals surface area contributed by atoms with Crippen molar-refractivity contribution in [1.29, 1.82) is 0 Å². The maximum Gasteiger partial charge on any atom is 0.257 e. The summed E-state index contributed by atoms with van der Waals surface area (Å²) in [7, 11) is 1.59. The van der Waals surface area contributed by atoms with Crippen molar-refractivity contribution in [2.24, 2.45) is 11.7 Å². The predicted molar refractivity (Wildman–Crippen MR) is 107 cm³/mol. The fourth-order valence-corrected chi connectivity index (χ4v) is 3.53. The SMILES string of the molecule is COc1ccc(C(=O)N2CCC(Cc3ccc(Cl)cc3)C2)c(OCCN)c1. The number of rotatable bonds is 7. The molecular weight excluding hydrogens is 364 g/mol. The summed E-state index contributed by atoms with van der Waals surface area (Å²) in [5.74, 6) is 1.61. The van der Waals surface area contributed by atoms with Gasteiger partial charge in [-0.2, -0.15) is 0 Å². The zero-order chi connectivity index (χ0) is 19.2. The largest absolute Gasteiger partial charge is 0.497 e. The number of halogens is 1. The first kappa shape index (κ1) is 19.5. The fraction of sp³-hybridized carbons (Fsp3) is 0.381. The lowest BCUT2D eigenvalue weighted by Crippen LogP contribution is -2.29. The number of hydrogen-bond donors (Lipinski definition) is 1. The molecule has 3 rings (SSSR count). The Morgan fingerprint density at radius 3 is 2.74 bits per heavy atom. The number of likely N-dealkylation sites (tertiary alicyclic amines) is 1. The van der Waals surface area contributed by atoms with E-state index in [1.165, 1.54) is 5.56 Å². The lowest BCUT2D eigenvalue weighted by Gasteiger charge is -2.19. The van der Waals surface area contributed by atoms with Crippen LogP contribution in [0.25, 0.3) is 0 Å². The molecule has 1 aliphatic heterocycles. The first-order valence-electron chi connectivity index (χ1n) is 9.15. The molecule has 0 saturated carbocycles. The fourth-order valence-electron chi connectivity index (χ4n) is 3.40. The molecule has 0 radical (unpaired) electrons. The van der Waals surface area contributed by atoms with Crippen molar-refractivity contribution in [3.8, 4) is 11.5 Å². The molecule has 1 aliphatic rings. The summed E-state index contributed by atoms with van der Waals surface area (Å²) in [6.45, 7) is 2.23. The van der Waals surface area contributed by atoms with Crippen LogP contribution in [0.1, 0.15) is 22.3 Å². The van der Waals surface area contributed by atoms with Gasteiger partial charge in [0.05, 0.1) is 12.7 Å². The average molecular weight is 389 g/mol. The lowest BCUT2D eigenvalue weighted by molar-refractivity contribution is 0.0782. The van der Waals surface area contributed by atoms with Gasteiger partial charge in [0.25, 0.3) is 5.91 Å². The highest BCUT2D eigenvalue weighted by Gasteiger charge is 2.28. The number of ether oxygens (including phenoxy) is 2. The van der Waals surface area contributed by atoms with Gasteiger partial charge in [-0.15, -0.1) is 0 Å². The predicted octanol–water partition coefficient (Wildman–Crippen LogP) is 3.39. The van der Waals surface area contributed by atoms with Crippen LogP contribution in [0, 0.1) is 5.92 Å². The quantitative estimate of drug-likeness (QED) is 0.789. The van der Waals surface area contributed by atoms with Crippen LogP contribution in [0.5, 0.6) is 11.5 Å². The third-order valence-electron chi connectivity index (χ3n) is 4.81. The summed E-state index contributed by atoms with van der Waals surface area (Å²) in [6.07, 6.45) is 1.93. The van der Waals surface area contributed by atoms with Crippen LogP contribution >= 0.6 is 11.6 Å². The van der Waals surface area contributed by atoms with Gasteiger partial charge in [-0.25, -0.2) is 0 Å². The van der Waals surface area contributed by atoms with E-state index in [9.17, 15) is 4.79 Å². The van der Waals surface area contributed by atoms with Gasteiger partial charge in [0.1, 0.15) is 18.1 Å². The van der Waals surface area contributed by atoms with E-state index < -0.39 is 0 Å². The summed E-state index contributed by atoms with van der Waals surface area (Å²) >= 11 is 5.95. The van der Waals surface area contributed by atoms with Crippen LogP contribution in [-0.4, -0.2) is 44.2 Å². The smallest absolute Gasteiger partial charge is 0.257 e. The van der Waals surface area contributed by atoms with Crippen molar-refractivity contribution < 1.29 is 14.3 Å². The van der Waals surface area contributed by atoms with Crippen LogP contribution in [0.2, 0.25) is 5.02 Å². The van der Waals surface area contributed by atoms with Gasteiger partial charge < -0.3 is 20.1 Å². The summed E-state index contributed by atoms with van der Waals surface area (Å²) in [5, 5.41) is 0.742. The second-order valence-electron chi connectivity index (χ2n) is 6.74. The van der Waals surface area contributed by atoms with Gasteiger partial charge >= 0.3 is 0 Å². The molecule has 1 atom stereocenters. The minimum Gasteiger partial charge on any atom is -0.497 e. The lowest BCUT2D eigenvalue weighted by atomic mass is 9.99. The number of carbonyl (C=O) groups excluding carboxylic acids is 1. The van der Waals surface area contributed by atoms with Crippen molar-refractivity contribution in [1.82, 2.24) is 4.90 Å². The number of nitrogens with two attached hydrogens (primary N) is 1. The molecule has 1 amide bonds. The van der Waals surface area contributed by atoms with Crippen molar-refractivity contribution in [3.63, 3.8) is 0 Å². The first-order valence-corrected chi connectivity index (χ1v) is 9.53. The van der Waals surface area contributed by atoms with Crippen LogP contribution in [0.4, 0.5) is 0 Å². The zero-order valence-electron chi connectivity index (χ0n) is 15.5. The minimum atomic E-state index is -0.0109. The molecule has 2 aromatic carbocycles. The monoisotopic (exact) mass is 388 g/mol. The molecule has 2 aromatic rings. The van der Waals surface area contributed by atoms with E-state index >= 15 is 0 Å². The van der Waals surface area contributed by atoms with E-state index in [0.29, 0.717) is 36.1 Å². The normalized spacial score (nSPS) is 16.4. The van der Waals surface area contributed by atoms with Crippen LogP contribution in [0.15, 0.2) is 42.5 Å². The summed E-state index contributed by atoms with van der Waals surface area (Å²) in [4.78, 5) is 14.9. The van der Waals surface area contributed by atoms with E-state index in [0.717, 1.165) is 31.0 Å². The number of hydrogen-bond acceptors (Lipinski definition) is 4. The molecule has 0 spiro atoms. The van der Waals surface area contributed by atoms with Gasteiger partial charge in [-0.3, -0.25) is 4.79 Å². The Kier molecular flexibility index (Phi) is 6.58. The summed E-state index contributed by atoms with van der Waals surface area (Å²) in [5.41, 5.74) is 7.33. The Morgan fingerprint density at radius 1 is 1.26 bits per heavy atom. The van der Waals surface area contributed by atoms with Crippen molar-refractivity contribution in [2.75, 3.05) is 33.4 Å². The van der Waals surface area contributed by atoms with Crippen molar-refractivity contribution >= 4 is 17.5 Å². The van der Waals surface area contributed by atoms with Crippen molar-refractivity contribution in [3.05, 3.63) is 58.6 Å². The Bertz CT molecular complexity index is 779. The highest BCUT2D eigenvalue weighted by Crippen LogP contribution is 2.29. The topological polar surface area (TPSA) is 64.8 Å². The van der Waals surface area contributed by atoms with Crippen LogP contribution in [-0.2, 0) is 6.42 Å². The van der Waals surface area contributed by atoms with E-state index in [1.807, 2.05) is 17.0 Å². The highest BCUT2D eigenvalue weighted by molar-refractivity contribution is 6.30. The van der Waals surface area contributed by atoms with E-state index in [4.69, 9.17) is 26.8 Å². The van der Waals surface area contributed by atoms with Gasteiger partial charge in [0.15, 0.2) is 0 Å². The van der Waals surface area contributed by atoms with Crippen LogP contribution in [0.3, 0.4) is 0 Å². The molecule has 1 heterocycles. The molecule has 1 unspecified atom stereocenters. The molecule has 144 valence electrons. The first-order chi connectivity index (χ1) is 13.1. The maximum absolute atomic E-state index is 13.0. The van der Waals surface area contributed by atoms with Gasteiger partial charge in [-0.1, -0.05) is 23.7 Å². The number of benzene rings is 2. The summed E-state index contributed by atoms with van der Waals surface area (Å²) in [6, 6.07) is 13.2. The number of nitrogens with zero attached hydrogens (tertiary/aromatic N) is 1. The average Bonchev–Trinajstić information content (AvgIpc) is 3.16. The Morgan fingerprint density at radius 2 is 2.04 bits per heavy atom. The molecule has 27 heavy (non-hydrogen) atoms. The third-order valence-corrected chi connectivity index (χ3v) is 5.06. The van der Waals surface area contributed by atoms with Gasteiger partial charge in [0.2, 0.25) is 0 Å². The van der Waals surface area contributed by atoms with Crippen LogP contribution < -0.4 is 15.2 Å². The second kappa shape index (κ2) is 9.11. The molecule has 0 bridgehead atoms. The molecule has 2 N–H and O–H groups in total. The molecule has 1 saturated heterocycles. The molecule has 1 fully saturated rings. The number of carbonyl (C=O) groups is 1. The van der Waals surface area contributed by atoms with E-state index in [-0.39, 0.29) is 5.91 Å². The highest BCUT2D eigenvalue weighted by atomic mass is 35.5. The zero-order valence-corrected chi connectivity index (χ0v) is 16.2. The molecule has 6 heteroatoms. The maximum atomic E-state index is 13.0. The van der Waals surface area contributed by atoms with Crippen molar-refractivity contribution in [2.45, 2.75) is 12.8 Å².